The predicted molar refractivity (Wildman–Crippen MR) is 120 cm³/mol. The van der Waals surface area contributed by atoms with Crippen molar-refractivity contribution in [3.05, 3.63) is 18.2 Å². The topological polar surface area (TPSA) is 31.4 Å². The van der Waals surface area contributed by atoms with E-state index in [0.717, 1.165) is 5.88 Å². The SMILES string of the molecule is CCC[CH2][Sn]([CH2]CCC)([CH2]CCC)[c]1cccc(OCCOC(C)(C)C)n1. The number of pyridine rings is 1. The van der Waals surface area contributed by atoms with Gasteiger partial charge in [0.25, 0.3) is 0 Å². The molecular formula is C23H43NO2Sn. The molecule has 0 fully saturated rings. The summed E-state index contributed by atoms with van der Waals surface area (Å²) in [5.74, 6) is 0.788. The minimum absolute atomic E-state index is 0.120. The molecule has 0 saturated carbocycles. The van der Waals surface area contributed by atoms with Crippen LogP contribution < -0.4 is 8.45 Å². The van der Waals surface area contributed by atoms with E-state index in [4.69, 9.17) is 14.5 Å². The fourth-order valence-electron chi connectivity index (χ4n) is 3.59. The van der Waals surface area contributed by atoms with E-state index in [2.05, 4.69) is 53.7 Å². The molecule has 1 heterocycles. The zero-order valence-corrected chi connectivity index (χ0v) is 21.6. The van der Waals surface area contributed by atoms with E-state index in [9.17, 15) is 0 Å². The van der Waals surface area contributed by atoms with Crippen LogP contribution in [0.4, 0.5) is 0 Å². The Labute approximate surface area is 172 Å². The fraction of sp³-hybridized carbons (Fsp3) is 0.783. The molecule has 1 aromatic rings. The molecule has 0 aliphatic rings. The standard InChI is InChI=1S/C11H16NO2.3C4H9.Sn/c1-11(2,3)14-9-8-13-10-6-4-5-7-12-10;3*1-3-4-2;/h4-6H,8-9H2,1-3H3;3*1,3-4H2,2H3;. The molecule has 0 aromatic carbocycles. The van der Waals surface area contributed by atoms with E-state index < -0.39 is 18.4 Å². The molecule has 0 saturated heterocycles. The van der Waals surface area contributed by atoms with Crippen LogP contribution in [-0.2, 0) is 4.74 Å². The van der Waals surface area contributed by atoms with Crippen LogP contribution in [0.1, 0.15) is 80.1 Å². The summed E-state index contributed by atoms with van der Waals surface area (Å²) in [7, 11) is 0. The van der Waals surface area contributed by atoms with E-state index in [-0.39, 0.29) is 5.60 Å². The maximum absolute atomic E-state index is 5.95. The molecule has 0 N–H and O–H groups in total. The van der Waals surface area contributed by atoms with Crippen molar-refractivity contribution in [1.82, 2.24) is 4.98 Å². The molecule has 0 unspecified atom stereocenters. The summed E-state index contributed by atoms with van der Waals surface area (Å²) in [6.07, 6.45) is 7.94. The first-order chi connectivity index (χ1) is 12.9. The minimum atomic E-state index is -2.47. The van der Waals surface area contributed by atoms with Crippen molar-refractivity contribution in [2.45, 2.75) is 99.0 Å². The molecule has 1 aromatic heterocycles. The second kappa shape index (κ2) is 13.0. The van der Waals surface area contributed by atoms with Crippen LogP contribution >= 0.6 is 0 Å². The van der Waals surface area contributed by atoms with Crippen molar-refractivity contribution in [3.8, 4) is 5.88 Å². The number of hydrogen-bond donors (Lipinski definition) is 0. The van der Waals surface area contributed by atoms with E-state index in [1.807, 2.05) is 6.07 Å². The predicted octanol–water partition coefficient (Wildman–Crippen LogP) is 6.33. The van der Waals surface area contributed by atoms with E-state index >= 15 is 0 Å². The quantitative estimate of drug-likeness (QED) is 0.229. The molecule has 27 heavy (non-hydrogen) atoms. The molecular weight excluding hydrogens is 441 g/mol. The molecule has 156 valence electrons. The van der Waals surface area contributed by atoms with Gasteiger partial charge >= 0.3 is 173 Å². The Morgan fingerprint density at radius 2 is 1.41 bits per heavy atom. The monoisotopic (exact) mass is 485 g/mol. The summed E-state index contributed by atoms with van der Waals surface area (Å²) in [6, 6.07) is 6.49. The third-order valence-corrected chi connectivity index (χ3v) is 20.3. The number of rotatable bonds is 14. The van der Waals surface area contributed by atoms with Crippen LogP contribution in [0.3, 0.4) is 0 Å². The number of ether oxygens (including phenoxy) is 2. The first kappa shape index (κ1) is 24.7. The van der Waals surface area contributed by atoms with Gasteiger partial charge in [0.05, 0.1) is 0 Å². The first-order valence-electron chi connectivity index (χ1n) is 11.1. The number of unbranched alkanes of at least 4 members (excludes halogenated alkanes) is 3. The van der Waals surface area contributed by atoms with Crippen molar-refractivity contribution in [2.24, 2.45) is 0 Å². The third kappa shape index (κ3) is 9.64. The maximum atomic E-state index is 5.95. The zero-order chi connectivity index (χ0) is 20.2. The molecule has 0 atom stereocenters. The van der Waals surface area contributed by atoms with Crippen LogP contribution in [0.2, 0.25) is 13.3 Å². The molecule has 0 radical (unpaired) electrons. The molecule has 4 heteroatoms. The summed E-state index contributed by atoms with van der Waals surface area (Å²) in [5, 5.41) is 0. The van der Waals surface area contributed by atoms with E-state index in [0.29, 0.717) is 13.2 Å². The molecule has 3 nitrogen and oxygen atoms in total. The van der Waals surface area contributed by atoms with Gasteiger partial charge in [-0.25, -0.2) is 0 Å². The third-order valence-electron chi connectivity index (χ3n) is 5.16. The summed E-state index contributed by atoms with van der Waals surface area (Å²) < 4.78 is 17.5. The first-order valence-corrected chi connectivity index (χ1v) is 18.6. The van der Waals surface area contributed by atoms with Crippen LogP contribution in [0.5, 0.6) is 5.88 Å². The van der Waals surface area contributed by atoms with Gasteiger partial charge in [0.2, 0.25) is 0 Å². The average molecular weight is 484 g/mol. The Morgan fingerprint density at radius 3 is 1.89 bits per heavy atom. The number of hydrogen-bond acceptors (Lipinski definition) is 3. The van der Waals surface area contributed by atoms with Gasteiger partial charge in [-0.1, -0.05) is 0 Å². The van der Waals surface area contributed by atoms with Crippen molar-refractivity contribution in [3.63, 3.8) is 0 Å². The van der Waals surface area contributed by atoms with E-state index in [1.54, 1.807) is 0 Å². The van der Waals surface area contributed by atoms with Gasteiger partial charge in [-0.2, -0.15) is 0 Å². The Balaban J connectivity index is 2.92. The average Bonchev–Trinajstić information content (AvgIpc) is 2.64. The van der Waals surface area contributed by atoms with Crippen LogP contribution in [0.25, 0.3) is 0 Å². The van der Waals surface area contributed by atoms with Crippen molar-refractivity contribution in [2.75, 3.05) is 13.2 Å². The summed E-state index contributed by atoms with van der Waals surface area (Å²) in [6.45, 7) is 14.3. The summed E-state index contributed by atoms with van der Waals surface area (Å²) in [5.41, 5.74) is -0.120. The summed E-state index contributed by atoms with van der Waals surface area (Å²) >= 11 is -2.47. The van der Waals surface area contributed by atoms with Gasteiger partial charge in [-0.15, -0.1) is 0 Å². The number of nitrogens with zero attached hydrogens (tertiary/aromatic N) is 1. The van der Waals surface area contributed by atoms with Crippen LogP contribution in [0, 0.1) is 0 Å². The van der Waals surface area contributed by atoms with Gasteiger partial charge in [-0.05, 0) is 0 Å². The normalized spacial score (nSPS) is 12.4. The summed E-state index contributed by atoms with van der Waals surface area (Å²) in [4.78, 5) is 5.05. The molecule has 0 aliphatic carbocycles. The fourth-order valence-corrected chi connectivity index (χ4v) is 19.0. The van der Waals surface area contributed by atoms with Gasteiger partial charge in [0, 0.05) is 0 Å². The van der Waals surface area contributed by atoms with Gasteiger partial charge < -0.3 is 0 Å². The van der Waals surface area contributed by atoms with Gasteiger partial charge in [0.1, 0.15) is 0 Å². The molecule has 0 aliphatic heterocycles. The Kier molecular flexibility index (Phi) is 11.9. The number of aromatic nitrogens is 1. The molecule has 0 amide bonds. The van der Waals surface area contributed by atoms with Gasteiger partial charge in [-0.3, -0.25) is 0 Å². The van der Waals surface area contributed by atoms with Crippen molar-refractivity contribution < 1.29 is 9.47 Å². The van der Waals surface area contributed by atoms with Gasteiger partial charge in [0.15, 0.2) is 0 Å². The molecule has 0 spiro atoms. The molecule has 0 bridgehead atoms. The van der Waals surface area contributed by atoms with Crippen molar-refractivity contribution >= 4 is 22.1 Å². The second-order valence-corrected chi connectivity index (χ2v) is 21.8. The van der Waals surface area contributed by atoms with Crippen LogP contribution in [-0.4, -0.2) is 42.2 Å². The Hall–Kier alpha value is -0.291. The molecule has 1 rings (SSSR count). The zero-order valence-electron chi connectivity index (χ0n) is 18.8. The Morgan fingerprint density at radius 1 is 0.852 bits per heavy atom. The van der Waals surface area contributed by atoms with Crippen LogP contribution in [0.15, 0.2) is 18.2 Å². The second-order valence-electron chi connectivity index (χ2n) is 8.76. The van der Waals surface area contributed by atoms with Crippen molar-refractivity contribution in [1.29, 1.82) is 0 Å². The Bertz CT molecular complexity index is 492. The van der Waals surface area contributed by atoms with E-state index in [1.165, 1.54) is 55.5 Å².